The quantitative estimate of drug-likeness (QED) is 0.610. The molecule has 1 aromatic rings. The van der Waals surface area contributed by atoms with E-state index in [0.29, 0.717) is 26.1 Å². The third kappa shape index (κ3) is 4.96. The van der Waals surface area contributed by atoms with Gasteiger partial charge in [0.05, 0.1) is 6.61 Å². The summed E-state index contributed by atoms with van der Waals surface area (Å²) >= 11 is 8.72. The number of rotatable bonds is 7. The molecule has 0 fully saturated rings. The zero-order chi connectivity index (χ0) is 13.6. The third-order valence-corrected chi connectivity index (χ3v) is 3.70. The standard InChI is InChI=1S/C13H16BrClO3/c1-10-5-2-3-6-11(10)9-18-8-4-7-13(14,15)12(16)17/h2-3,5-6H,4,7-9H2,1H3,(H,16,17). The van der Waals surface area contributed by atoms with E-state index in [-0.39, 0.29) is 0 Å². The highest BCUT2D eigenvalue weighted by molar-refractivity contribution is 9.10. The van der Waals surface area contributed by atoms with Crippen LogP contribution >= 0.6 is 27.5 Å². The summed E-state index contributed by atoms with van der Waals surface area (Å²) in [6.07, 6.45) is 0.907. The Balaban J connectivity index is 2.24. The van der Waals surface area contributed by atoms with Crippen molar-refractivity contribution in [2.45, 2.75) is 30.2 Å². The molecule has 5 heteroatoms. The molecule has 3 nitrogen and oxygen atoms in total. The fourth-order valence-corrected chi connectivity index (χ4v) is 1.87. The molecule has 0 radical (unpaired) electrons. The number of aliphatic carboxylic acids is 1. The summed E-state index contributed by atoms with van der Waals surface area (Å²) in [5.41, 5.74) is 2.34. The Kier molecular flexibility index (Phi) is 6.12. The largest absolute Gasteiger partial charge is 0.479 e. The minimum atomic E-state index is -1.38. The average Bonchev–Trinajstić information content (AvgIpc) is 2.30. The number of carboxylic acids is 1. The lowest BCUT2D eigenvalue weighted by Gasteiger charge is -2.14. The van der Waals surface area contributed by atoms with Gasteiger partial charge >= 0.3 is 5.97 Å². The first kappa shape index (κ1) is 15.5. The highest BCUT2D eigenvalue weighted by atomic mass is 79.9. The van der Waals surface area contributed by atoms with E-state index in [1.165, 1.54) is 5.56 Å². The van der Waals surface area contributed by atoms with Gasteiger partial charge in [0.25, 0.3) is 0 Å². The molecule has 0 bridgehead atoms. The van der Waals surface area contributed by atoms with Crippen molar-refractivity contribution < 1.29 is 14.6 Å². The molecule has 0 aliphatic heterocycles. The third-order valence-electron chi connectivity index (χ3n) is 2.61. The monoisotopic (exact) mass is 334 g/mol. The molecule has 1 unspecified atom stereocenters. The second-order valence-electron chi connectivity index (χ2n) is 4.09. The summed E-state index contributed by atoms with van der Waals surface area (Å²) < 4.78 is 4.13. The Morgan fingerprint density at radius 2 is 2.17 bits per heavy atom. The fraction of sp³-hybridized carbons (Fsp3) is 0.462. The fourth-order valence-electron chi connectivity index (χ4n) is 1.46. The summed E-state index contributed by atoms with van der Waals surface area (Å²) in [6, 6.07) is 8.01. The minimum absolute atomic E-state index is 0.317. The first-order valence-corrected chi connectivity index (χ1v) is 6.84. The normalized spacial score (nSPS) is 14.2. The molecule has 1 aromatic carbocycles. The Labute approximate surface area is 120 Å². The van der Waals surface area contributed by atoms with Crippen LogP contribution in [0.4, 0.5) is 0 Å². The number of hydrogen-bond acceptors (Lipinski definition) is 2. The first-order valence-electron chi connectivity index (χ1n) is 5.67. The van der Waals surface area contributed by atoms with E-state index in [2.05, 4.69) is 15.9 Å². The molecule has 0 saturated carbocycles. The summed E-state index contributed by atoms with van der Waals surface area (Å²) in [5, 5.41) is 8.79. The number of carbonyl (C=O) groups is 1. The van der Waals surface area contributed by atoms with Gasteiger partial charge in [0.1, 0.15) is 0 Å². The zero-order valence-electron chi connectivity index (χ0n) is 10.2. The van der Waals surface area contributed by atoms with Gasteiger partial charge in [-0.3, -0.25) is 0 Å². The van der Waals surface area contributed by atoms with Crippen LogP contribution in [-0.2, 0) is 16.1 Å². The van der Waals surface area contributed by atoms with E-state index in [1.807, 2.05) is 31.2 Å². The van der Waals surface area contributed by atoms with Gasteiger partial charge in [0, 0.05) is 6.61 Å². The van der Waals surface area contributed by atoms with Crippen LogP contribution in [0.3, 0.4) is 0 Å². The summed E-state index contributed by atoms with van der Waals surface area (Å²) in [5.74, 6) is -1.07. The van der Waals surface area contributed by atoms with Crippen LogP contribution in [0, 0.1) is 6.92 Å². The Hall–Kier alpha value is -0.580. The van der Waals surface area contributed by atoms with Gasteiger partial charge in [-0.2, -0.15) is 0 Å². The van der Waals surface area contributed by atoms with E-state index in [1.54, 1.807) is 0 Å². The van der Waals surface area contributed by atoms with Crippen molar-refractivity contribution >= 4 is 33.5 Å². The molecule has 1 rings (SSSR count). The number of ether oxygens (including phenoxy) is 1. The minimum Gasteiger partial charge on any atom is -0.479 e. The summed E-state index contributed by atoms with van der Waals surface area (Å²) in [6.45, 7) is 3.06. The molecule has 1 atom stereocenters. The predicted octanol–water partition coefficient (Wildman–Crippen LogP) is 3.71. The number of benzene rings is 1. The van der Waals surface area contributed by atoms with Crippen molar-refractivity contribution in [2.75, 3.05) is 6.61 Å². The molecule has 0 heterocycles. The lowest BCUT2D eigenvalue weighted by atomic mass is 10.1. The molecule has 100 valence electrons. The average molecular weight is 336 g/mol. The number of alkyl halides is 2. The second kappa shape index (κ2) is 7.12. The van der Waals surface area contributed by atoms with Gasteiger partial charge in [-0.15, -0.1) is 0 Å². The Bertz CT molecular complexity index is 407. The Morgan fingerprint density at radius 1 is 1.50 bits per heavy atom. The maximum absolute atomic E-state index is 10.7. The molecule has 0 aliphatic rings. The lowest BCUT2D eigenvalue weighted by Crippen LogP contribution is -2.25. The number of aryl methyl sites for hydroxylation is 1. The van der Waals surface area contributed by atoms with Crippen molar-refractivity contribution in [1.82, 2.24) is 0 Å². The van der Waals surface area contributed by atoms with Crippen LogP contribution in [0.1, 0.15) is 24.0 Å². The molecule has 0 saturated heterocycles. The highest BCUT2D eigenvalue weighted by Crippen LogP contribution is 2.29. The molecule has 0 aromatic heterocycles. The molecule has 0 spiro atoms. The van der Waals surface area contributed by atoms with Gasteiger partial charge in [0.15, 0.2) is 3.78 Å². The van der Waals surface area contributed by atoms with Crippen molar-refractivity contribution in [3.63, 3.8) is 0 Å². The van der Waals surface area contributed by atoms with E-state index in [4.69, 9.17) is 21.4 Å². The van der Waals surface area contributed by atoms with Gasteiger partial charge in [-0.1, -0.05) is 51.8 Å². The second-order valence-corrected chi connectivity index (χ2v) is 6.55. The van der Waals surface area contributed by atoms with E-state index in [9.17, 15) is 4.79 Å². The van der Waals surface area contributed by atoms with Crippen LogP contribution in [0.2, 0.25) is 0 Å². The van der Waals surface area contributed by atoms with Crippen molar-refractivity contribution in [3.8, 4) is 0 Å². The van der Waals surface area contributed by atoms with Crippen LogP contribution < -0.4 is 0 Å². The van der Waals surface area contributed by atoms with Gasteiger partial charge < -0.3 is 9.84 Å². The van der Waals surface area contributed by atoms with Gasteiger partial charge in [0.2, 0.25) is 0 Å². The summed E-state index contributed by atoms with van der Waals surface area (Å²) in [7, 11) is 0. The topological polar surface area (TPSA) is 46.5 Å². The van der Waals surface area contributed by atoms with E-state index < -0.39 is 9.75 Å². The smallest absolute Gasteiger partial charge is 0.335 e. The van der Waals surface area contributed by atoms with E-state index >= 15 is 0 Å². The molecule has 0 aliphatic carbocycles. The van der Waals surface area contributed by atoms with Crippen LogP contribution in [0.15, 0.2) is 24.3 Å². The van der Waals surface area contributed by atoms with Crippen LogP contribution in [0.5, 0.6) is 0 Å². The SMILES string of the molecule is Cc1ccccc1COCCCC(Cl)(Br)C(=O)O. The molecular formula is C13H16BrClO3. The van der Waals surface area contributed by atoms with Gasteiger partial charge in [-0.25, -0.2) is 4.79 Å². The van der Waals surface area contributed by atoms with E-state index in [0.717, 1.165) is 5.56 Å². The number of hydrogen-bond donors (Lipinski definition) is 1. The maximum atomic E-state index is 10.7. The first-order chi connectivity index (χ1) is 8.43. The van der Waals surface area contributed by atoms with Crippen LogP contribution in [-0.4, -0.2) is 21.5 Å². The predicted molar refractivity (Wildman–Crippen MR) is 75.2 cm³/mol. The summed E-state index contributed by atoms with van der Waals surface area (Å²) in [4.78, 5) is 10.7. The van der Waals surface area contributed by atoms with Crippen molar-refractivity contribution in [1.29, 1.82) is 0 Å². The van der Waals surface area contributed by atoms with Crippen molar-refractivity contribution in [2.24, 2.45) is 0 Å². The van der Waals surface area contributed by atoms with Crippen molar-refractivity contribution in [3.05, 3.63) is 35.4 Å². The zero-order valence-corrected chi connectivity index (χ0v) is 12.5. The highest BCUT2D eigenvalue weighted by Gasteiger charge is 2.31. The molecule has 1 N–H and O–H groups in total. The number of carboxylic acid groups (broad SMARTS) is 1. The molecule has 0 amide bonds. The maximum Gasteiger partial charge on any atom is 0.335 e. The van der Waals surface area contributed by atoms with Crippen LogP contribution in [0.25, 0.3) is 0 Å². The number of halogens is 2. The Morgan fingerprint density at radius 3 is 2.78 bits per heavy atom. The lowest BCUT2D eigenvalue weighted by molar-refractivity contribution is -0.137. The molecule has 18 heavy (non-hydrogen) atoms. The van der Waals surface area contributed by atoms with Gasteiger partial charge in [-0.05, 0) is 30.9 Å². The molecular weight excluding hydrogens is 319 g/mol.